The van der Waals surface area contributed by atoms with E-state index < -0.39 is 0 Å². The maximum Gasteiger partial charge on any atom is 0.179 e. The van der Waals surface area contributed by atoms with E-state index in [1.54, 1.807) is 0 Å². The number of hydrogen-bond acceptors (Lipinski definition) is 6. The first kappa shape index (κ1) is 19.0. The fourth-order valence-electron chi connectivity index (χ4n) is 3.75. The van der Waals surface area contributed by atoms with Crippen LogP contribution in [0.3, 0.4) is 0 Å². The number of hydrogen-bond donors (Lipinski definition) is 2. The minimum atomic E-state index is 0.236. The molecule has 0 aliphatic heterocycles. The summed E-state index contributed by atoms with van der Waals surface area (Å²) in [5, 5.41) is 8.31. The van der Waals surface area contributed by atoms with E-state index in [0.717, 1.165) is 52.5 Å². The van der Waals surface area contributed by atoms with Crippen molar-refractivity contribution in [1.82, 2.24) is 34.6 Å². The van der Waals surface area contributed by atoms with Crippen molar-refractivity contribution in [2.75, 3.05) is 26.0 Å². The molecular formula is C22H28N8. The molecule has 1 aliphatic rings. The molecule has 0 spiro atoms. The molecule has 8 nitrogen and oxygen atoms in total. The second-order valence-corrected chi connectivity index (χ2v) is 8.53. The van der Waals surface area contributed by atoms with Crippen molar-refractivity contribution in [1.29, 1.82) is 0 Å². The number of anilines is 1. The Hall–Kier alpha value is -3.00. The van der Waals surface area contributed by atoms with Gasteiger partial charge in [-0.2, -0.15) is 5.10 Å². The number of benzene rings is 1. The molecule has 3 heterocycles. The summed E-state index contributed by atoms with van der Waals surface area (Å²) < 4.78 is 2.04. The van der Waals surface area contributed by atoms with Gasteiger partial charge in [0, 0.05) is 12.1 Å². The van der Waals surface area contributed by atoms with Crippen molar-refractivity contribution in [3.63, 3.8) is 0 Å². The molecule has 1 fully saturated rings. The van der Waals surface area contributed by atoms with Crippen molar-refractivity contribution >= 4 is 28.0 Å². The van der Waals surface area contributed by atoms with Crippen molar-refractivity contribution in [3.05, 3.63) is 42.0 Å². The third kappa shape index (κ3) is 3.75. The molecule has 30 heavy (non-hydrogen) atoms. The zero-order chi connectivity index (χ0) is 20.7. The van der Waals surface area contributed by atoms with Crippen LogP contribution in [0.5, 0.6) is 0 Å². The van der Waals surface area contributed by atoms with Crippen LogP contribution in [0.4, 0.5) is 5.82 Å². The van der Waals surface area contributed by atoms with Crippen LogP contribution < -0.4 is 5.32 Å². The first-order valence-electron chi connectivity index (χ1n) is 10.7. The smallest absolute Gasteiger partial charge is 0.179 e. The lowest BCUT2D eigenvalue weighted by Gasteiger charge is -2.16. The van der Waals surface area contributed by atoms with Crippen molar-refractivity contribution in [2.24, 2.45) is 0 Å². The van der Waals surface area contributed by atoms with E-state index in [9.17, 15) is 0 Å². The number of fused-ring (bicyclic) bond motifs is 2. The van der Waals surface area contributed by atoms with Crippen LogP contribution in [-0.4, -0.2) is 55.3 Å². The molecule has 1 unspecified atom stereocenters. The fraction of sp³-hybridized carbons (Fsp3) is 0.455. The van der Waals surface area contributed by atoms with E-state index in [-0.39, 0.29) is 6.04 Å². The molecule has 0 bridgehead atoms. The Morgan fingerprint density at radius 3 is 2.83 bits per heavy atom. The summed E-state index contributed by atoms with van der Waals surface area (Å²) in [5.74, 6) is 2.20. The molecule has 0 saturated heterocycles. The average molecular weight is 405 g/mol. The van der Waals surface area contributed by atoms with Gasteiger partial charge in [-0.15, -0.1) is 0 Å². The molecule has 1 atom stereocenters. The molecule has 8 heteroatoms. The quantitative estimate of drug-likeness (QED) is 0.466. The normalized spacial score (nSPS) is 15.3. The number of nitrogens with zero attached hydrogens (tertiary/aromatic N) is 6. The summed E-state index contributed by atoms with van der Waals surface area (Å²) in [5.41, 5.74) is 4.80. The third-order valence-corrected chi connectivity index (χ3v) is 5.69. The lowest BCUT2D eigenvalue weighted by molar-refractivity contribution is 0.350. The van der Waals surface area contributed by atoms with Crippen LogP contribution in [0.1, 0.15) is 49.7 Å². The van der Waals surface area contributed by atoms with Gasteiger partial charge in [0.05, 0.1) is 29.3 Å². The molecule has 1 aliphatic carbocycles. The van der Waals surface area contributed by atoms with Crippen LogP contribution in [0.15, 0.2) is 30.5 Å². The zero-order valence-electron chi connectivity index (χ0n) is 17.8. The third-order valence-electron chi connectivity index (χ3n) is 5.69. The molecule has 5 rings (SSSR count). The minimum Gasteiger partial charge on any atom is -0.360 e. The summed E-state index contributed by atoms with van der Waals surface area (Å²) in [7, 11) is 4.19. The van der Waals surface area contributed by atoms with E-state index in [1.165, 1.54) is 12.8 Å². The van der Waals surface area contributed by atoms with E-state index in [1.807, 2.05) is 35.1 Å². The highest BCUT2D eigenvalue weighted by Gasteiger charge is 2.27. The van der Waals surface area contributed by atoms with Crippen molar-refractivity contribution < 1.29 is 0 Å². The number of para-hydroxylation sites is 2. The van der Waals surface area contributed by atoms with Gasteiger partial charge in [-0.1, -0.05) is 12.1 Å². The second-order valence-electron chi connectivity index (χ2n) is 8.53. The first-order chi connectivity index (χ1) is 14.6. The Kier molecular flexibility index (Phi) is 4.86. The Labute approximate surface area is 175 Å². The molecular weight excluding hydrogens is 376 g/mol. The Bertz CT molecular complexity index is 1140. The topological polar surface area (TPSA) is 87.5 Å². The average Bonchev–Trinajstić information content (AvgIpc) is 3.41. The highest BCUT2D eigenvalue weighted by molar-refractivity contribution is 5.83. The van der Waals surface area contributed by atoms with Gasteiger partial charge in [-0.05, 0) is 59.0 Å². The summed E-state index contributed by atoms with van der Waals surface area (Å²) in [6.07, 6.45) is 5.34. The van der Waals surface area contributed by atoms with Gasteiger partial charge < -0.3 is 15.2 Å². The van der Waals surface area contributed by atoms with Gasteiger partial charge >= 0.3 is 0 Å². The molecule has 2 N–H and O–H groups in total. The van der Waals surface area contributed by atoms with Gasteiger partial charge in [-0.3, -0.25) is 0 Å². The van der Waals surface area contributed by atoms with E-state index in [2.05, 4.69) is 41.2 Å². The Balaban J connectivity index is 1.44. The number of nitrogens with one attached hydrogen (secondary N) is 2. The number of H-pyrrole nitrogens is 1. The number of aromatic nitrogens is 6. The van der Waals surface area contributed by atoms with Crippen LogP contribution in [0.2, 0.25) is 0 Å². The maximum atomic E-state index is 4.96. The Morgan fingerprint density at radius 1 is 1.23 bits per heavy atom. The molecule has 156 valence electrons. The standard InChI is InChI=1S/C22H28N8/c1-14(10-11-29(2)3)30-22-20(23-12-18(27-22)15-8-9-15)21(28-30)24-13-19-25-16-6-4-5-7-17(16)26-19/h4-7,12,14-15H,8-11,13H2,1-3H3,(H,24,28)(H,25,26). The molecule has 1 aromatic carbocycles. The summed E-state index contributed by atoms with van der Waals surface area (Å²) in [4.78, 5) is 19.9. The predicted octanol–water partition coefficient (Wildman–Crippen LogP) is 3.70. The fourth-order valence-corrected chi connectivity index (χ4v) is 3.75. The highest BCUT2D eigenvalue weighted by atomic mass is 15.4. The van der Waals surface area contributed by atoms with Crippen LogP contribution >= 0.6 is 0 Å². The molecule has 0 amide bonds. The molecule has 1 saturated carbocycles. The lowest BCUT2D eigenvalue weighted by Crippen LogP contribution is -2.18. The van der Waals surface area contributed by atoms with Crippen molar-refractivity contribution in [3.8, 4) is 0 Å². The number of rotatable bonds is 8. The largest absolute Gasteiger partial charge is 0.360 e. The SMILES string of the molecule is CC(CCN(C)C)n1nc(NCc2nc3ccccc3[nH]2)c2ncc(C3CC3)nc21. The first-order valence-corrected chi connectivity index (χ1v) is 10.7. The number of imidazole rings is 1. The van der Waals surface area contributed by atoms with E-state index >= 15 is 0 Å². The van der Waals surface area contributed by atoms with Gasteiger partial charge in [-0.25, -0.2) is 19.6 Å². The number of aromatic amines is 1. The maximum absolute atomic E-state index is 4.96. The summed E-state index contributed by atoms with van der Waals surface area (Å²) >= 11 is 0. The summed E-state index contributed by atoms with van der Waals surface area (Å²) in [6, 6.07) is 8.29. The van der Waals surface area contributed by atoms with Crippen molar-refractivity contribution in [2.45, 2.75) is 44.7 Å². The highest BCUT2D eigenvalue weighted by Crippen LogP contribution is 2.39. The lowest BCUT2D eigenvalue weighted by atomic mass is 10.2. The van der Waals surface area contributed by atoms with Crippen LogP contribution in [0.25, 0.3) is 22.2 Å². The summed E-state index contributed by atoms with van der Waals surface area (Å²) in [6.45, 7) is 3.75. The van der Waals surface area contributed by atoms with Gasteiger partial charge in [0.2, 0.25) is 0 Å². The van der Waals surface area contributed by atoms with Gasteiger partial charge in [0.15, 0.2) is 17.0 Å². The zero-order valence-corrected chi connectivity index (χ0v) is 17.8. The molecule has 4 aromatic rings. The van der Waals surface area contributed by atoms with E-state index in [0.29, 0.717) is 12.5 Å². The Morgan fingerprint density at radius 2 is 2.07 bits per heavy atom. The van der Waals surface area contributed by atoms with Gasteiger partial charge in [0.1, 0.15) is 5.82 Å². The molecule has 3 aromatic heterocycles. The monoisotopic (exact) mass is 404 g/mol. The predicted molar refractivity (Wildman–Crippen MR) is 119 cm³/mol. The van der Waals surface area contributed by atoms with Crippen LogP contribution in [0, 0.1) is 0 Å². The minimum absolute atomic E-state index is 0.236. The van der Waals surface area contributed by atoms with Crippen LogP contribution in [-0.2, 0) is 6.54 Å². The van der Waals surface area contributed by atoms with E-state index in [4.69, 9.17) is 15.1 Å². The van der Waals surface area contributed by atoms with Gasteiger partial charge in [0.25, 0.3) is 0 Å². The molecule has 0 radical (unpaired) electrons. The second kappa shape index (κ2) is 7.68.